The van der Waals surface area contributed by atoms with Crippen molar-refractivity contribution in [1.29, 1.82) is 0 Å². The molecule has 14 heavy (non-hydrogen) atoms. The lowest BCUT2D eigenvalue weighted by Crippen LogP contribution is -1.89. The van der Waals surface area contributed by atoms with Gasteiger partial charge in [-0.2, -0.15) is 5.10 Å². The van der Waals surface area contributed by atoms with Gasteiger partial charge in [-0.25, -0.2) is 4.68 Å². The van der Waals surface area contributed by atoms with Gasteiger partial charge in [-0.05, 0) is 17.7 Å². The van der Waals surface area contributed by atoms with Gasteiger partial charge in [0.2, 0.25) is 0 Å². The predicted octanol–water partition coefficient (Wildman–Crippen LogP) is 0.743. The van der Waals surface area contributed by atoms with Crippen LogP contribution < -0.4 is 5.73 Å². The first-order valence-electron chi connectivity index (χ1n) is 4.09. The molecular formula is C9H9N5. The summed E-state index contributed by atoms with van der Waals surface area (Å²) in [5.74, 6) is 0. The quantitative estimate of drug-likeness (QED) is 0.557. The minimum Gasteiger partial charge on any atom is -0.399 e. The topological polar surface area (TPSA) is 69.1 Å². The molecule has 0 radical (unpaired) electrons. The highest BCUT2D eigenvalue weighted by Gasteiger charge is 1.88. The Morgan fingerprint density at radius 2 is 2.07 bits per heavy atom. The van der Waals surface area contributed by atoms with Crippen LogP contribution in [0.15, 0.2) is 42.0 Å². The van der Waals surface area contributed by atoms with Gasteiger partial charge in [0, 0.05) is 5.69 Å². The molecule has 5 heteroatoms. The van der Waals surface area contributed by atoms with Crippen LogP contribution in [0.3, 0.4) is 0 Å². The third-order valence-corrected chi connectivity index (χ3v) is 1.66. The van der Waals surface area contributed by atoms with Gasteiger partial charge in [0.25, 0.3) is 0 Å². The monoisotopic (exact) mass is 187 g/mol. The fourth-order valence-electron chi connectivity index (χ4n) is 1.03. The van der Waals surface area contributed by atoms with Crippen molar-refractivity contribution in [2.45, 2.75) is 0 Å². The summed E-state index contributed by atoms with van der Waals surface area (Å²) in [6.07, 6.45) is 4.73. The molecular weight excluding hydrogens is 178 g/mol. The third kappa shape index (κ3) is 1.95. The molecule has 0 fully saturated rings. The molecule has 0 bridgehead atoms. The number of aromatic nitrogens is 3. The molecule has 0 unspecified atom stereocenters. The first-order valence-corrected chi connectivity index (χ1v) is 4.09. The Kier molecular flexibility index (Phi) is 2.22. The normalized spacial score (nSPS) is 10.9. The number of benzene rings is 1. The van der Waals surface area contributed by atoms with E-state index in [2.05, 4.69) is 15.3 Å². The summed E-state index contributed by atoms with van der Waals surface area (Å²) in [5.41, 5.74) is 7.28. The molecule has 0 spiro atoms. The van der Waals surface area contributed by atoms with Crippen molar-refractivity contribution in [1.82, 2.24) is 14.9 Å². The van der Waals surface area contributed by atoms with Crippen LogP contribution in [0.1, 0.15) is 5.56 Å². The van der Waals surface area contributed by atoms with Crippen LogP contribution in [-0.4, -0.2) is 21.1 Å². The minimum atomic E-state index is 0.720. The standard InChI is InChI=1S/C9H9N5/c10-9-3-1-2-8(4-9)5-13-14-6-11-12-7-14/h1-7H,10H2/b13-5+. The first kappa shape index (κ1) is 8.43. The van der Waals surface area contributed by atoms with Crippen LogP contribution in [-0.2, 0) is 0 Å². The molecule has 0 saturated heterocycles. The van der Waals surface area contributed by atoms with E-state index in [1.165, 1.54) is 17.3 Å². The number of nitrogens with zero attached hydrogens (tertiary/aromatic N) is 4. The van der Waals surface area contributed by atoms with E-state index >= 15 is 0 Å². The Labute approximate surface area is 80.9 Å². The molecule has 0 saturated carbocycles. The van der Waals surface area contributed by atoms with Crippen molar-refractivity contribution in [3.8, 4) is 0 Å². The van der Waals surface area contributed by atoms with Crippen LogP contribution in [0.5, 0.6) is 0 Å². The summed E-state index contributed by atoms with van der Waals surface area (Å²) >= 11 is 0. The Balaban J connectivity index is 2.18. The number of anilines is 1. The average molecular weight is 187 g/mol. The van der Waals surface area contributed by atoms with Crippen LogP contribution in [0.25, 0.3) is 0 Å². The molecule has 70 valence electrons. The van der Waals surface area contributed by atoms with Gasteiger partial charge in [-0.1, -0.05) is 12.1 Å². The third-order valence-electron chi connectivity index (χ3n) is 1.66. The maximum atomic E-state index is 5.61. The highest BCUT2D eigenvalue weighted by Crippen LogP contribution is 2.03. The van der Waals surface area contributed by atoms with E-state index in [1.54, 1.807) is 6.21 Å². The van der Waals surface area contributed by atoms with Crippen LogP contribution in [0, 0.1) is 0 Å². The molecule has 0 aliphatic heterocycles. The molecule has 0 atom stereocenters. The molecule has 1 aromatic carbocycles. The van der Waals surface area contributed by atoms with Crippen LogP contribution >= 0.6 is 0 Å². The van der Waals surface area contributed by atoms with Gasteiger partial charge in [-0.3, -0.25) is 0 Å². The second kappa shape index (κ2) is 3.69. The largest absolute Gasteiger partial charge is 0.399 e. The zero-order chi connectivity index (χ0) is 9.80. The molecule has 1 aromatic heterocycles. The van der Waals surface area contributed by atoms with Crippen molar-refractivity contribution in [2.24, 2.45) is 5.10 Å². The molecule has 0 aliphatic carbocycles. The van der Waals surface area contributed by atoms with Gasteiger partial charge in [0.05, 0.1) is 6.21 Å². The van der Waals surface area contributed by atoms with Crippen molar-refractivity contribution < 1.29 is 0 Å². The van der Waals surface area contributed by atoms with Crippen molar-refractivity contribution in [2.75, 3.05) is 5.73 Å². The maximum Gasteiger partial charge on any atom is 0.141 e. The second-order valence-electron chi connectivity index (χ2n) is 2.76. The Morgan fingerprint density at radius 1 is 1.29 bits per heavy atom. The van der Waals surface area contributed by atoms with Crippen LogP contribution in [0.4, 0.5) is 5.69 Å². The number of hydrogen-bond donors (Lipinski definition) is 1. The summed E-state index contributed by atoms with van der Waals surface area (Å²) < 4.78 is 1.52. The lowest BCUT2D eigenvalue weighted by molar-refractivity contribution is 0.878. The summed E-state index contributed by atoms with van der Waals surface area (Å²) in [6, 6.07) is 7.47. The smallest absolute Gasteiger partial charge is 0.141 e. The van der Waals surface area contributed by atoms with E-state index < -0.39 is 0 Å². The lowest BCUT2D eigenvalue weighted by Gasteiger charge is -1.94. The van der Waals surface area contributed by atoms with Crippen LogP contribution in [0.2, 0.25) is 0 Å². The van der Waals surface area contributed by atoms with Crippen molar-refractivity contribution in [3.63, 3.8) is 0 Å². The van der Waals surface area contributed by atoms with Gasteiger partial charge in [-0.15, -0.1) is 10.2 Å². The van der Waals surface area contributed by atoms with Gasteiger partial charge >= 0.3 is 0 Å². The van der Waals surface area contributed by atoms with Crippen molar-refractivity contribution >= 4 is 11.9 Å². The zero-order valence-electron chi connectivity index (χ0n) is 7.41. The average Bonchev–Trinajstić information content (AvgIpc) is 2.67. The highest BCUT2D eigenvalue weighted by atomic mass is 15.4. The highest BCUT2D eigenvalue weighted by molar-refractivity contribution is 5.80. The molecule has 0 amide bonds. The molecule has 0 aliphatic rings. The Hall–Kier alpha value is -2.17. The SMILES string of the molecule is Nc1cccc(/C=N/n2cnnc2)c1. The Morgan fingerprint density at radius 3 is 2.79 bits per heavy atom. The van der Waals surface area contributed by atoms with E-state index in [9.17, 15) is 0 Å². The van der Waals surface area contributed by atoms with Crippen molar-refractivity contribution in [3.05, 3.63) is 42.5 Å². The summed E-state index contributed by atoms with van der Waals surface area (Å²) in [5, 5.41) is 11.3. The van der Waals surface area contributed by atoms with E-state index in [-0.39, 0.29) is 0 Å². The molecule has 1 heterocycles. The first-order chi connectivity index (χ1) is 6.84. The van der Waals surface area contributed by atoms with Gasteiger partial charge in [0.1, 0.15) is 12.7 Å². The molecule has 2 N–H and O–H groups in total. The predicted molar refractivity (Wildman–Crippen MR) is 53.9 cm³/mol. The van der Waals surface area contributed by atoms with Gasteiger partial charge in [0.15, 0.2) is 0 Å². The molecule has 2 aromatic rings. The van der Waals surface area contributed by atoms with E-state index in [1.807, 2.05) is 24.3 Å². The lowest BCUT2D eigenvalue weighted by atomic mass is 10.2. The summed E-state index contributed by atoms with van der Waals surface area (Å²) in [6.45, 7) is 0. The number of rotatable bonds is 2. The Bertz CT molecular complexity index is 432. The number of nitrogen functional groups attached to an aromatic ring is 1. The summed E-state index contributed by atoms with van der Waals surface area (Å²) in [4.78, 5) is 0. The summed E-state index contributed by atoms with van der Waals surface area (Å²) in [7, 11) is 0. The fourth-order valence-corrected chi connectivity index (χ4v) is 1.03. The van der Waals surface area contributed by atoms with E-state index in [0.29, 0.717) is 0 Å². The second-order valence-corrected chi connectivity index (χ2v) is 2.76. The molecule has 5 nitrogen and oxygen atoms in total. The number of hydrogen-bond acceptors (Lipinski definition) is 4. The molecule has 2 rings (SSSR count). The zero-order valence-corrected chi connectivity index (χ0v) is 7.41. The van der Waals surface area contributed by atoms with E-state index in [4.69, 9.17) is 5.73 Å². The van der Waals surface area contributed by atoms with E-state index in [0.717, 1.165) is 11.3 Å². The minimum absolute atomic E-state index is 0.720. The van der Waals surface area contributed by atoms with Gasteiger partial charge < -0.3 is 5.73 Å². The number of nitrogens with two attached hydrogens (primary N) is 1. The fraction of sp³-hybridized carbons (Fsp3) is 0. The maximum absolute atomic E-state index is 5.61.